The second-order valence-corrected chi connectivity index (χ2v) is 8.83. The fourth-order valence-corrected chi connectivity index (χ4v) is 4.93. The van der Waals surface area contributed by atoms with Crippen LogP contribution in [0.3, 0.4) is 0 Å². The molecule has 2 aromatic rings. The van der Waals surface area contributed by atoms with Crippen LogP contribution in [0.25, 0.3) is 11.1 Å². The fraction of sp³-hybridized carbons (Fsp3) is 0.400. The van der Waals surface area contributed by atoms with E-state index in [1.54, 1.807) is 0 Å². The van der Waals surface area contributed by atoms with Gasteiger partial charge in [-0.15, -0.1) is 0 Å². The van der Waals surface area contributed by atoms with Crippen LogP contribution < -0.4 is 10.6 Å². The summed E-state index contributed by atoms with van der Waals surface area (Å²) in [7, 11) is 0. The van der Waals surface area contributed by atoms with E-state index in [1.165, 1.54) is 0 Å². The molecule has 0 saturated heterocycles. The number of halogens is 3. The van der Waals surface area contributed by atoms with E-state index < -0.39 is 48.6 Å². The number of nitrogens with one attached hydrogen (secondary N) is 2. The quantitative estimate of drug-likeness (QED) is 0.539. The number of hydrogen-bond acceptors (Lipinski definition) is 4. The van der Waals surface area contributed by atoms with Gasteiger partial charge in [0, 0.05) is 12.0 Å². The predicted molar refractivity (Wildman–Crippen MR) is 120 cm³/mol. The molecule has 0 spiro atoms. The number of hydrogen-bond donors (Lipinski definition) is 3. The smallest absolute Gasteiger partial charge is 0.407 e. The predicted octanol–water partition coefficient (Wildman–Crippen LogP) is 4.22. The molecule has 2 aliphatic rings. The Balaban J connectivity index is 1.42. The van der Waals surface area contributed by atoms with E-state index in [1.807, 2.05) is 53.8 Å². The first-order valence-electron chi connectivity index (χ1n) is 11.4. The van der Waals surface area contributed by atoms with Gasteiger partial charge in [-0.05, 0) is 35.1 Å². The van der Waals surface area contributed by atoms with Gasteiger partial charge in [0.1, 0.15) is 12.6 Å². The van der Waals surface area contributed by atoms with Crippen LogP contribution >= 0.6 is 0 Å². The molecule has 10 heteroatoms. The van der Waals surface area contributed by atoms with Crippen LogP contribution in [0.2, 0.25) is 0 Å². The molecule has 4 rings (SSSR count). The monoisotopic (exact) mass is 490 g/mol. The van der Waals surface area contributed by atoms with Gasteiger partial charge in [0.2, 0.25) is 5.91 Å². The first kappa shape index (κ1) is 24.6. The molecule has 0 heterocycles. The van der Waals surface area contributed by atoms with Gasteiger partial charge in [-0.1, -0.05) is 55.0 Å². The molecule has 3 N–H and O–H groups in total. The van der Waals surface area contributed by atoms with Crippen LogP contribution in [0.1, 0.15) is 42.7 Å². The Hall–Kier alpha value is -3.56. The number of alkyl carbamates (subject to hydrolysis) is 1. The van der Waals surface area contributed by atoms with Crippen molar-refractivity contribution in [2.24, 2.45) is 5.92 Å². The highest BCUT2D eigenvalue weighted by Gasteiger charge is 2.40. The third kappa shape index (κ3) is 5.58. The van der Waals surface area contributed by atoms with Gasteiger partial charge in [0.15, 0.2) is 0 Å². The second kappa shape index (κ2) is 9.97. The number of alkyl halides is 3. The van der Waals surface area contributed by atoms with Crippen molar-refractivity contribution in [1.82, 2.24) is 10.6 Å². The molecular formula is C25H25F3N2O5. The number of ether oxygens (including phenoxy) is 1. The lowest BCUT2D eigenvalue weighted by atomic mass is 9.98. The van der Waals surface area contributed by atoms with E-state index >= 15 is 0 Å². The van der Waals surface area contributed by atoms with Crippen molar-refractivity contribution in [2.45, 2.75) is 49.9 Å². The Kier molecular flexibility index (Phi) is 7.00. The minimum atomic E-state index is -4.74. The van der Waals surface area contributed by atoms with E-state index in [9.17, 15) is 32.7 Å². The molecule has 2 amide bonds. The standard InChI is InChI=1S/C25H25F3N2O5/c26-25(27,28)12-21(22(31)29-20-11-5-10-18(20)23(32)33)30-24(34)35-13-19-16-8-3-1-6-14(16)15-7-2-4-9-17(15)19/h1-4,6-9,18-21H,5,10-13H2,(H,29,31)(H,30,34)(H,32,33). The zero-order valence-corrected chi connectivity index (χ0v) is 18.7. The number of amides is 2. The van der Waals surface area contributed by atoms with Gasteiger partial charge >= 0.3 is 18.2 Å². The third-order valence-electron chi connectivity index (χ3n) is 6.55. The molecule has 186 valence electrons. The summed E-state index contributed by atoms with van der Waals surface area (Å²) in [4.78, 5) is 36.4. The van der Waals surface area contributed by atoms with Gasteiger partial charge < -0.3 is 20.5 Å². The van der Waals surface area contributed by atoms with E-state index in [0.29, 0.717) is 19.3 Å². The normalized spacial score (nSPS) is 20.0. The molecule has 35 heavy (non-hydrogen) atoms. The Bertz CT molecular complexity index is 1070. The van der Waals surface area contributed by atoms with Crippen molar-refractivity contribution in [1.29, 1.82) is 0 Å². The van der Waals surface area contributed by atoms with E-state index in [-0.39, 0.29) is 12.5 Å². The highest BCUT2D eigenvalue weighted by Crippen LogP contribution is 2.44. The number of carbonyl (C=O) groups is 3. The number of fused-ring (bicyclic) bond motifs is 3. The number of carboxylic acids is 1. The lowest BCUT2D eigenvalue weighted by Crippen LogP contribution is -2.52. The molecule has 0 aromatic heterocycles. The molecule has 0 aliphatic heterocycles. The Morgan fingerprint density at radius 1 is 1.00 bits per heavy atom. The van der Waals surface area contributed by atoms with E-state index in [2.05, 4.69) is 5.32 Å². The number of benzene rings is 2. The zero-order chi connectivity index (χ0) is 25.2. The highest BCUT2D eigenvalue weighted by molar-refractivity contribution is 5.86. The minimum Gasteiger partial charge on any atom is -0.481 e. The maximum absolute atomic E-state index is 13.1. The summed E-state index contributed by atoms with van der Waals surface area (Å²) in [6, 6.07) is 12.5. The minimum absolute atomic E-state index is 0.121. The lowest BCUT2D eigenvalue weighted by Gasteiger charge is -2.24. The summed E-state index contributed by atoms with van der Waals surface area (Å²) in [5, 5.41) is 13.7. The first-order valence-corrected chi connectivity index (χ1v) is 11.4. The lowest BCUT2D eigenvalue weighted by molar-refractivity contribution is -0.150. The molecule has 3 atom stereocenters. The van der Waals surface area contributed by atoms with Crippen LogP contribution in [0.4, 0.5) is 18.0 Å². The number of aliphatic carboxylic acids is 1. The Labute approximate surface area is 199 Å². The van der Waals surface area contributed by atoms with Crippen LogP contribution in [0, 0.1) is 5.92 Å². The van der Waals surface area contributed by atoms with Crippen molar-refractivity contribution in [2.75, 3.05) is 6.61 Å². The van der Waals surface area contributed by atoms with Crippen molar-refractivity contribution in [3.63, 3.8) is 0 Å². The van der Waals surface area contributed by atoms with Gasteiger partial charge in [-0.2, -0.15) is 13.2 Å². The topological polar surface area (TPSA) is 105 Å². The van der Waals surface area contributed by atoms with Crippen molar-refractivity contribution in [3.05, 3.63) is 59.7 Å². The summed E-state index contributed by atoms with van der Waals surface area (Å²) in [5.74, 6) is -3.38. The molecular weight excluding hydrogens is 465 g/mol. The van der Waals surface area contributed by atoms with Gasteiger partial charge in [-0.25, -0.2) is 4.79 Å². The van der Waals surface area contributed by atoms with E-state index in [4.69, 9.17) is 4.74 Å². The molecule has 1 fully saturated rings. The van der Waals surface area contributed by atoms with Crippen molar-refractivity contribution < 1.29 is 37.4 Å². The van der Waals surface area contributed by atoms with Gasteiger partial charge in [0.05, 0.1) is 12.3 Å². The van der Waals surface area contributed by atoms with Crippen LogP contribution in [0.5, 0.6) is 0 Å². The Morgan fingerprint density at radius 2 is 1.60 bits per heavy atom. The highest BCUT2D eigenvalue weighted by atomic mass is 19.4. The maximum atomic E-state index is 13.1. The van der Waals surface area contributed by atoms with Gasteiger partial charge in [0.25, 0.3) is 0 Å². The summed E-state index contributed by atoms with van der Waals surface area (Å²) in [5.41, 5.74) is 3.87. The molecule has 2 aromatic carbocycles. The SMILES string of the molecule is O=C(NC(CC(F)(F)F)C(=O)NC1CCCC1C(=O)O)OCC1c2ccccc2-c2ccccc21. The molecule has 0 radical (unpaired) electrons. The number of rotatable bonds is 7. The largest absolute Gasteiger partial charge is 0.481 e. The summed E-state index contributed by atoms with van der Waals surface area (Å²) < 4.78 is 44.7. The molecule has 1 saturated carbocycles. The van der Waals surface area contributed by atoms with Crippen LogP contribution in [-0.4, -0.2) is 47.9 Å². The zero-order valence-electron chi connectivity index (χ0n) is 18.7. The summed E-state index contributed by atoms with van der Waals surface area (Å²) >= 11 is 0. The van der Waals surface area contributed by atoms with Crippen LogP contribution in [-0.2, 0) is 14.3 Å². The molecule has 3 unspecified atom stereocenters. The van der Waals surface area contributed by atoms with Gasteiger partial charge in [-0.3, -0.25) is 9.59 Å². The van der Waals surface area contributed by atoms with Crippen molar-refractivity contribution in [3.8, 4) is 11.1 Å². The molecule has 0 bridgehead atoms. The summed E-state index contributed by atoms with van der Waals surface area (Å²) in [6.45, 7) is -0.121. The molecule has 7 nitrogen and oxygen atoms in total. The second-order valence-electron chi connectivity index (χ2n) is 8.83. The summed E-state index contributed by atoms with van der Waals surface area (Å²) in [6.07, 6.45) is -6.30. The third-order valence-corrected chi connectivity index (χ3v) is 6.55. The number of carboxylic acid groups (broad SMARTS) is 1. The van der Waals surface area contributed by atoms with Crippen LogP contribution in [0.15, 0.2) is 48.5 Å². The van der Waals surface area contributed by atoms with Crippen molar-refractivity contribution >= 4 is 18.0 Å². The average molecular weight is 490 g/mol. The average Bonchev–Trinajstić information content (AvgIpc) is 3.39. The fourth-order valence-electron chi connectivity index (χ4n) is 4.93. The van der Waals surface area contributed by atoms with E-state index in [0.717, 1.165) is 22.3 Å². The maximum Gasteiger partial charge on any atom is 0.407 e. The first-order chi connectivity index (χ1) is 16.6. The molecule has 2 aliphatic carbocycles. The Morgan fingerprint density at radius 3 is 2.17 bits per heavy atom. The number of carbonyl (C=O) groups excluding carboxylic acids is 2.